The number of thiazole rings is 1. The van der Waals surface area contributed by atoms with Gasteiger partial charge < -0.3 is 9.26 Å². The average Bonchev–Trinajstić information content (AvgIpc) is 3.04. The van der Waals surface area contributed by atoms with Crippen LogP contribution in [0.5, 0.6) is 0 Å². The number of hydrogen-bond donors (Lipinski definition) is 0. The van der Waals surface area contributed by atoms with Gasteiger partial charge in [-0.2, -0.15) is 0 Å². The van der Waals surface area contributed by atoms with E-state index in [1.807, 2.05) is 0 Å². The van der Waals surface area contributed by atoms with E-state index in [2.05, 4.69) is 10.1 Å². The second-order valence-corrected chi connectivity index (χ2v) is 4.92. The van der Waals surface area contributed by atoms with E-state index in [1.54, 1.807) is 18.5 Å². The lowest BCUT2D eigenvalue weighted by Crippen LogP contribution is -2.14. The molecule has 0 bridgehead atoms. The van der Waals surface area contributed by atoms with E-state index < -0.39 is 5.97 Å². The normalized spacial score (nSPS) is 10.8. The smallest absolute Gasteiger partial charge is 0.377 e. The van der Waals surface area contributed by atoms with Crippen molar-refractivity contribution in [2.45, 2.75) is 13.5 Å². The minimum Gasteiger partial charge on any atom is -0.453 e. The minimum absolute atomic E-state index is 0.0245. The molecule has 0 aliphatic heterocycles. The van der Waals surface area contributed by atoms with Gasteiger partial charge in [-0.1, -0.05) is 5.16 Å². The van der Waals surface area contributed by atoms with Crippen LogP contribution in [-0.2, 0) is 11.3 Å². The van der Waals surface area contributed by atoms with E-state index >= 15 is 0 Å². The highest BCUT2D eigenvalue weighted by Gasteiger charge is 2.14. The van der Waals surface area contributed by atoms with Crippen LogP contribution in [0.3, 0.4) is 0 Å². The van der Waals surface area contributed by atoms with Crippen molar-refractivity contribution in [2.24, 2.45) is 0 Å². The molecule has 0 atom stereocenters. The Kier molecular flexibility index (Phi) is 3.07. The van der Waals surface area contributed by atoms with Gasteiger partial charge in [0.25, 0.3) is 5.56 Å². The number of fused-ring (bicyclic) bond motifs is 1. The minimum atomic E-state index is -0.640. The Morgan fingerprint density at radius 2 is 2.35 bits per heavy atom. The largest absolute Gasteiger partial charge is 0.453 e. The second kappa shape index (κ2) is 4.89. The molecule has 0 aromatic carbocycles. The summed E-state index contributed by atoms with van der Waals surface area (Å²) in [4.78, 5) is 28.2. The van der Waals surface area contributed by atoms with Gasteiger partial charge in [0.15, 0.2) is 4.96 Å². The van der Waals surface area contributed by atoms with Crippen molar-refractivity contribution in [2.75, 3.05) is 0 Å². The van der Waals surface area contributed by atoms with Crippen molar-refractivity contribution < 1.29 is 14.1 Å². The van der Waals surface area contributed by atoms with E-state index in [9.17, 15) is 9.59 Å². The maximum Gasteiger partial charge on any atom is 0.377 e. The Balaban J connectivity index is 1.76. The predicted molar refractivity (Wildman–Crippen MR) is 69.7 cm³/mol. The monoisotopic (exact) mass is 291 g/mol. The van der Waals surface area contributed by atoms with Gasteiger partial charge in [0.2, 0.25) is 5.76 Å². The van der Waals surface area contributed by atoms with E-state index in [0.29, 0.717) is 16.3 Å². The molecule has 0 saturated carbocycles. The topological polar surface area (TPSA) is 86.7 Å². The first-order valence-corrected chi connectivity index (χ1v) is 6.58. The highest BCUT2D eigenvalue weighted by molar-refractivity contribution is 7.15. The number of carbonyl (C=O) groups is 1. The average molecular weight is 291 g/mol. The number of esters is 1. The molecule has 8 heteroatoms. The third-order valence-corrected chi connectivity index (χ3v) is 3.29. The SMILES string of the molecule is Cc1cc(C(=O)OCc2cc(=O)n3ccsc3n2)on1. The zero-order valence-electron chi connectivity index (χ0n) is 10.4. The molecule has 0 fully saturated rings. The summed E-state index contributed by atoms with van der Waals surface area (Å²) in [6.07, 6.45) is 1.64. The van der Waals surface area contributed by atoms with Crippen LogP contribution in [-0.4, -0.2) is 20.5 Å². The first-order valence-electron chi connectivity index (χ1n) is 5.70. The molecule has 0 aliphatic rings. The number of nitrogens with zero attached hydrogens (tertiary/aromatic N) is 3. The van der Waals surface area contributed by atoms with Crippen molar-refractivity contribution in [1.29, 1.82) is 0 Å². The molecule has 0 saturated heterocycles. The highest BCUT2D eigenvalue weighted by atomic mass is 32.1. The fourth-order valence-corrected chi connectivity index (χ4v) is 2.37. The van der Waals surface area contributed by atoms with Crippen molar-refractivity contribution in [1.82, 2.24) is 14.5 Å². The Morgan fingerprint density at radius 3 is 3.10 bits per heavy atom. The zero-order chi connectivity index (χ0) is 14.1. The van der Waals surface area contributed by atoms with Gasteiger partial charge in [-0.05, 0) is 6.92 Å². The molecule has 0 aliphatic carbocycles. The van der Waals surface area contributed by atoms with Gasteiger partial charge in [-0.3, -0.25) is 9.20 Å². The molecule has 3 aromatic heterocycles. The van der Waals surface area contributed by atoms with Crippen LogP contribution in [0, 0.1) is 6.92 Å². The Hall–Kier alpha value is -2.48. The quantitative estimate of drug-likeness (QED) is 0.678. The van der Waals surface area contributed by atoms with E-state index in [0.717, 1.165) is 0 Å². The molecule has 20 heavy (non-hydrogen) atoms. The Labute approximate surface area is 116 Å². The summed E-state index contributed by atoms with van der Waals surface area (Å²) in [5, 5.41) is 5.36. The molecule has 3 heterocycles. The van der Waals surface area contributed by atoms with Crippen LogP contribution in [0.15, 0.2) is 33.0 Å². The molecule has 0 N–H and O–H groups in total. The fourth-order valence-electron chi connectivity index (χ4n) is 1.63. The maximum absolute atomic E-state index is 11.7. The van der Waals surface area contributed by atoms with Crippen LogP contribution in [0.1, 0.15) is 21.9 Å². The number of rotatable bonds is 3. The zero-order valence-corrected chi connectivity index (χ0v) is 11.2. The molecule has 3 aromatic rings. The number of aromatic nitrogens is 3. The summed E-state index contributed by atoms with van der Waals surface area (Å²) < 4.78 is 11.2. The summed E-state index contributed by atoms with van der Waals surface area (Å²) in [6.45, 7) is 1.61. The predicted octanol–water partition coefficient (Wildman–Crippen LogP) is 1.41. The highest BCUT2D eigenvalue weighted by Crippen LogP contribution is 2.09. The molecule has 0 radical (unpaired) electrons. The Morgan fingerprint density at radius 1 is 1.50 bits per heavy atom. The van der Waals surface area contributed by atoms with E-state index in [4.69, 9.17) is 9.26 Å². The molecular weight excluding hydrogens is 282 g/mol. The molecule has 102 valence electrons. The maximum atomic E-state index is 11.7. The van der Waals surface area contributed by atoms with Gasteiger partial charge in [0, 0.05) is 23.7 Å². The van der Waals surface area contributed by atoms with Crippen molar-refractivity contribution in [3.8, 4) is 0 Å². The summed E-state index contributed by atoms with van der Waals surface area (Å²) in [6, 6.07) is 2.81. The van der Waals surface area contributed by atoms with Gasteiger partial charge in [-0.25, -0.2) is 9.78 Å². The third-order valence-electron chi connectivity index (χ3n) is 2.54. The Bertz CT molecular complexity index is 832. The first-order chi connectivity index (χ1) is 9.63. The number of ether oxygens (including phenoxy) is 1. The number of hydrogen-bond acceptors (Lipinski definition) is 7. The standard InChI is InChI=1S/C12H9N3O4S/c1-7-4-9(19-14-7)11(17)18-6-8-5-10(16)15-2-3-20-12(15)13-8/h2-5H,6H2,1H3. The van der Waals surface area contributed by atoms with Crippen LogP contribution < -0.4 is 5.56 Å². The van der Waals surface area contributed by atoms with Gasteiger partial charge in [0.05, 0.1) is 11.4 Å². The van der Waals surface area contributed by atoms with Gasteiger partial charge >= 0.3 is 5.97 Å². The molecular formula is C12H9N3O4S. The van der Waals surface area contributed by atoms with Crippen LogP contribution in [0.2, 0.25) is 0 Å². The lowest BCUT2D eigenvalue weighted by Gasteiger charge is -2.02. The van der Waals surface area contributed by atoms with Crippen LogP contribution in [0.4, 0.5) is 0 Å². The molecule has 3 rings (SSSR count). The van der Waals surface area contributed by atoms with Crippen molar-refractivity contribution in [3.05, 3.63) is 51.2 Å². The number of carbonyl (C=O) groups excluding carboxylic acids is 1. The lowest BCUT2D eigenvalue weighted by atomic mass is 10.4. The van der Waals surface area contributed by atoms with Crippen molar-refractivity contribution in [3.63, 3.8) is 0 Å². The second-order valence-electron chi connectivity index (χ2n) is 4.05. The molecule has 0 spiro atoms. The number of aryl methyl sites for hydroxylation is 1. The molecule has 7 nitrogen and oxygen atoms in total. The lowest BCUT2D eigenvalue weighted by molar-refractivity contribution is 0.0421. The van der Waals surface area contributed by atoms with Crippen LogP contribution in [0.25, 0.3) is 4.96 Å². The summed E-state index contributed by atoms with van der Waals surface area (Å²) in [5.74, 6) is -0.616. The van der Waals surface area contributed by atoms with Gasteiger partial charge in [0.1, 0.15) is 6.61 Å². The molecule has 0 amide bonds. The fraction of sp³-hybridized carbons (Fsp3) is 0.167. The summed E-state index contributed by atoms with van der Waals surface area (Å²) >= 11 is 1.33. The van der Waals surface area contributed by atoms with Crippen LogP contribution >= 0.6 is 11.3 Å². The summed E-state index contributed by atoms with van der Waals surface area (Å²) in [5.41, 5.74) is 0.771. The van der Waals surface area contributed by atoms with E-state index in [1.165, 1.54) is 27.9 Å². The van der Waals surface area contributed by atoms with E-state index in [-0.39, 0.29) is 17.9 Å². The van der Waals surface area contributed by atoms with Crippen molar-refractivity contribution >= 4 is 22.3 Å². The molecule has 0 unspecified atom stereocenters. The first kappa shape index (κ1) is 12.5. The van der Waals surface area contributed by atoms with Gasteiger partial charge in [-0.15, -0.1) is 11.3 Å². The third kappa shape index (κ3) is 2.32. The summed E-state index contributed by atoms with van der Waals surface area (Å²) in [7, 11) is 0.